The first-order valence-corrected chi connectivity index (χ1v) is 17.9. The highest BCUT2D eigenvalue weighted by Crippen LogP contribution is 2.77. The maximum absolute atomic E-state index is 13.9. The molecule has 0 spiro atoms. The molecule has 6 rings (SSSR count). The molecule has 45 heavy (non-hydrogen) atoms. The summed E-state index contributed by atoms with van der Waals surface area (Å²) in [5, 5.41) is 12.2. The molecule has 10 atom stereocenters. The van der Waals surface area contributed by atoms with Crippen molar-refractivity contribution in [1.82, 2.24) is 5.32 Å². The Labute approximate surface area is 270 Å². The zero-order valence-electron chi connectivity index (χ0n) is 28.8. The normalized spacial score (nSPS) is 43.3. The number of hydrogen-bond acceptors (Lipinski definition) is 4. The van der Waals surface area contributed by atoms with Gasteiger partial charge in [-0.3, -0.25) is 9.59 Å². The van der Waals surface area contributed by atoms with Crippen molar-refractivity contribution in [3.05, 3.63) is 35.9 Å². The van der Waals surface area contributed by atoms with Crippen molar-refractivity contribution in [3.8, 4) is 0 Å². The maximum atomic E-state index is 13.9. The van der Waals surface area contributed by atoms with E-state index in [1.807, 2.05) is 30.3 Å². The number of benzene rings is 1. The van der Waals surface area contributed by atoms with E-state index < -0.39 is 11.4 Å². The summed E-state index contributed by atoms with van der Waals surface area (Å²) in [4.78, 5) is 38.5. The quantitative estimate of drug-likeness (QED) is 0.314. The summed E-state index contributed by atoms with van der Waals surface area (Å²) < 4.78 is 6.29. The molecule has 0 saturated heterocycles. The lowest BCUT2D eigenvalue weighted by Crippen LogP contribution is -2.67. The van der Waals surface area contributed by atoms with Gasteiger partial charge in [0.1, 0.15) is 12.6 Å². The molecule has 5 saturated carbocycles. The molecule has 0 aliphatic heterocycles. The lowest BCUT2D eigenvalue weighted by molar-refractivity contribution is -0.247. The van der Waals surface area contributed by atoms with Gasteiger partial charge in [-0.15, -0.1) is 0 Å². The molecule has 0 aromatic heterocycles. The number of hydrogen-bond donors (Lipinski definition) is 2. The Balaban J connectivity index is 1.29. The second-order valence-corrected chi connectivity index (χ2v) is 17.5. The van der Waals surface area contributed by atoms with Crippen molar-refractivity contribution in [3.63, 3.8) is 0 Å². The largest absolute Gasteiger partial charge is 0.480 e. The fourth-order valence-electron chi connectivity index (χ4n) is 13.1. The van der Waals surface area contributed by atoms with Gasteiger partial charge in [-0.05, 0) is 128 Å². The van der Waals surface area contributed by atoms with Crippen molar-refractivity contribution in [1.29, 1.82) is 0 Å². The van der Waals surface area contributed by atoms with Gasteiger partial charge in [0.2, 0.25) is 5.91 Å². The summed E-state index contributed by atoms with van der Waals surface area (Å²) in [5.41, 5.74) is 0.527. The zero-order chi connectivity index (χ0) is 32.6. The predicted molar refractivity (Wildman–Crippen MR) is 175 cm³/mol. The average Bonchev–Trinajstić information content (AvgIpc) is 3.39. The highest BCUT2D eigenvalue weighted by Gasteiger charge is 2.72. The minimum absolute atomic E-state index is 0.00633. The van der Waals surface area contributed by atoms with E-state index in [1.165, 1.54) is 12.8 Å². The Kier molecular flexibility index (Phi) is 8.04. The summed E-state index contributed by atoms with van der Waals surface area (Å²) in [6, 6.07) is 9.40. The van der Waals surface area contributed by atoms with Crippen LogP contribution in [0, 0.1) is 62.6 Å². The second kappa shape index (κ2) is 11.1. The summed E-state index contributed by atoms with van der Waals surface area (Å²) in [5.74, 6) is 1.64. The Hall–Kier alpha value is -2.37. The molecule has 1 aromatic rings. The van der Waals surface area contributed by atoms with Gasteiger partial charge in [0.15, 0.2) is 0 Å². The van der Waals surface area contributed by atoms with Gasteiger partial charge in [-0.1, -0.05) is 66.7 Å². The minimum Gasteiger partial charge on any atom is -0.480 e. The van der Waals surface area contributed by atoms with E-state index in [4.69, 9.17) is 4.74 Å². The van der Waals surface area contributed by atoms with Gasteiger partial charge in [-0.2, -0.15) is 0 Å². The van der Waals surface area contributed by atoms with Crippen molar-refractivity contribution >= 4 is 17.8 Å². The van der Waals surface area contributed by atoms with E-state index in [0.29, 0.717) is 41.1 Å². The number of carbonyl (C=O) groups is 3. The highest BCUT2D eigenvalue weighted by atomic mass is 16.5. The van der Waals surface area contributed by atoms with E-state index in [2.05, 4.69) is 53.8 Å². The number of amides is 1. The van der Waals surface area contributed by atoms with Crippen LogP contribution in [0.5, 0.6) is 0 Å². The van der Waals surface area contributed by atoms with Crippen LogP contribution in [0.3, 0.4) is 0 Å². The molecule has 0 radical (unpaired) electrons. The standard InChI is InChI=1S/C39H57NO5/c1-24(2)26-15-20-39(34(44)40-23-31(41)42)22-21-37(6)27(32(26)39)13-14-29-36(5)18-17-30(45-33(43)25-11-9-8-10-12-25)35(3,4)28(36)16-19-38(29,37)7/h8-12,24,26-30,32H,13-23H2,1-7H3,(H,40,44)(H,41,42)/t26-,27?,28?,29?,30+,32?,36?,37+,38+,39-/m0/s1. The number of nitrogens with one attached hydrogen (secondary N) is 1. The third-order valence-corrected chi connectivity index (χ3v) is 15.4. The van der Waals surface area contributed by atoms with Crippen LogP contribution >= 0.6 is 0 Å². The van der Waals surface area contributed by atoms with Gasteiger partial charge >= 0.3 is 11.9 Å². The first-order chi connectivity index (χ1) is 21.1. The van der Waals surface area contributed by atoms with E-state index >= 15 is 0 Å². The van der Waals surface area contributed by atoms with Gasteiger partial charge in [0.05, 0.1) is 11.0 Å². The Bertz CT molecular complexity index is 1320. The first-order valence-electron chi connectivity index (χ1n) is 17.9. The van der Waals surface area contributed by atoms with Crippen molar-refractivity contribution < 1.29 is 24.2 Å². The predicted octanol–water partition coefficient (Wildman–Crippen LogP) is 8.15. The van der Waals surface area contributed by atoms with Crippen LogP contribution in [0.25, 0.3) is 0 Å². The van der Waals surface area contributed by atoms with Crippen LogP contribution in [0.2, 0.25) is 0 Å². The number of carboxylic acid groups (broad SMARTS) is 1. The van der Waals surface area contributed by atoms with E-state index in [9.17, 15) is 19.5 Å². The molecular formula is C39H57NO5. The monoisotopic (exact) mass is 619 g/mol. The Morgan fingerprint density at radius 3 is 2.22 bits per heavy atom. The molecule has 5 aliphatic carbocycles. The fraction of sp³-hybridized carbons (Fsp3) is 0.769. The molecule has 248 valence electrons. The molecule has 6 nitrogen and oxygen atoms in total. The molecule has 0 heterocycles. The number of ether oxygens (including phenoxy) is 1. The summed E-state index contributed by atoms with van der Waals surface area (Å²) >= 11 is 0. The average molecular weight is 620 g/mol. The Morgan fingerprint density at radius 2 is 1.56 bits per heavy atom. The topological polar surface area (TPSA) is 92.7 Å². The van der Waals surface area contributed by atoms with Gasteiger partial charge in [0.25, 0.3) is 0 Å². The van der Waals surface area contributed by atoms with E-state index in [-0.39, 0.29) is 46.2 Å². The maximum Gasteiger partial charge on any atom is 0.338 e. The van der Waals surface area contributed by atoms with Crippen molar-refractivity contribution in [2.75, 3.05) is 6.54 Å². The molecule has 2 N–H and O–H groups in total. The molecule has 1 amide bonds. The SMILES string of the molecule is CC(C)[C@@H]1CC[C@]2(C(=O)NCC(=O)O)CC[C@]3(C)C(CCC4C5(C)CC[C@@H](OC(=O)c6ccccc6)C(C)(C)C5CC[C@]43C)C12. The van der Waals surface area contributed by atoms with Crippen LogP contribution in [0.4, 0.5) is 0 Å². The second-order valence-electron chi connectivity index (χ2n) is 17.5. The van der Waals surface area contributed by atoms with Crippen LogP contribution in [-0.2, 0) is 14.3 Å². The number of rotatable bonds is 6. The summed E-state index contributed by atoms with van der Waals surface area (Å²) in [6.07, 6.45) is 10.4. The molecular weight excluding hydrogens is 562 g/mol. The summed E-state index contributed by atoms with van der Waals surface area (Å²) in [7, 11) is 0. The molecule has 5 fully saturated rings. The van der Waals surface area contributed by atoms with E-state index in [0.717, 1.165) is 51.4 Å². The fourth-order valence-corrected chi connectivity index (χ4v) is 13.1. The summed E-state index contributed by atoms with van der Waals surface area (Å²) in [6.45, 7) is 16.8. The lowest BCUT2D eigenvalue weighted by atomic mass is 9.32. The number of esters is 1. The minimum atomic E-state index is -0.971. The number of fused-ring (bicyclic) bond motifs is 7. The molecule has 1 aromatic carbocycles. The molecule has 0 bridgehead atoms. The van der Waals surface area contributed by atoms with Gasteiger partial charge in [0, 0.05) is 5.41 Å². The number of aliphatic carboxylic acids is 1. The van der Waals surface area contributed by atoms with Gasteiger partial charge < -0.3 is 15.2 Å². The van der Waals surface area contributed by atoms with Crippen LogP contribution in [0.1, 0.15) is 123 Å². The smallest absolute Gasteiger partial charge is 0.338 e. The molecule has 5 aliphatic rings. The molecule has 5 unspecified atom stereocenters. The number of carbonyl (C=O) groups excluding carboxylic acids is 2. The Morgan fingerprint density at radius 1 is 0.844 bits per heavy atom. The van der Waals surface area contributed by atoms with Crippen molar-refractivity contribution in [2.45, 2.75) is 119 Å². The lowest BCUT2D eigenvalue weighted by Gasteiger charge is -2.73. The zero-order valence-corrected chi connectivity index (χ0v) is 28.8. The third kappa shape index (κ3) is 4.73. The van der Waals surface area contributed by atoms with Gasteiger partial charge in [-0.25, -0.2) is 4.79 Å². The number of carboxylic acids is 1. The van der Waals surface area contributed by atoms with Crippen LogP contribution in [-0.4, -0.2) is 35.6 Å². The molecule has 6 heteroatoms. The first kappa shape index (κ1) is 32.6. The van der Waals surface area contributed by atoms with E-state index in [1.54, 1.807) is 0 Å². The van der Waals surface area contributed by atoms with Crippen molar-refractivity contribution in [2.24, 2.45) is 62.6 Å². The van der Waals surface area contributed by atoms with Crippen LogP contribution < -0.4 is 5.32 Å². The third-order valence-electron chi connectivity index (χ3n) is 15.4. The highest BCUT2D eigenvalue weighted by molar-refractivity contribution is 5.89. The van der Waals surface area contributed by atoms with Crippen LogP contribution in [0.15, 0.2) is 30.3 Å².